The van der Waals surface area contributed by atoms with Crippen LogP contribution in [0.2, 0.25) is 0 Å². The Balaban J connectivity index is 1.94. The number of aryl methyl sites for hydroxylation is 1. The van der Waals surface area contributed by atoms with Gasteiger partial charge in [0.2, 0.25) is 0 Å². The number of hydrogen-bond acceptors (Lipinski definition) is 6. The molecule has 3 aromatic heterocycles. The van der Waals surface area contributed by atoms with Crippen LogP contribution < -0.4 is 5.32 Å². The van der Waals surface area contributed by atoms with Crippen LogP contribution in [0, 0.1) is 6.92 Å². The van der Waals surface area contributed by atoms with E-state index in [0.29, 0.717) is 17.1 Å². The van der Waals surface area contributed by atoms with Gasteiger partial charge in [-0.1, -0.05) is 19.8 Å². The summed E-state index contributed by atoms with van der Waals surface area (Å²) in [6.07, 6.45) is 9.31. The van der Waals surface area contributed by atoms with E-state index in [1.165, 1.54) is 0 Å². The third-order valence-corrected chi connectivity index (χ3v) is 4.34. The number of hydrogen-bond donors (Lipinski definition) is 2. The Bertz CT molecular complexity index is 908. The Labute approximate surface area is 163 Å². The Morgan fingerprint density at radius 1 is 1.29 bits per heavy atom. The summed E-state index contributed by atoms with van der Waals surface area (Å²) in [6, 6.07) is 5.03. The Morgan fingerprint density at radius 3 is 2.79 bits per heavy atom. The normalized spacial score (nSPS) is 12.0. The fourth-order valence-electron chi connectivity index (χ4n) is 2.79. The second-order valence-corrected chi connectivity index (χ2v) is 6.58. The van der Waals surface area contributed by atoms with E-state index < -0.39 is 0 Å². The number of nitrogens with one attached hydrogen (secondary N) is 1. The van der Waals surface area contributed by atoms with Crippen LogP contribution in [-0.2, 0) is 0 Å². The third-order valence-electron chi connectivity index (χ3n) is 4.34. The van der Waals surface area contributed by atoms with Crippen molar-refractivity contribution in [3.63, 3.8) is 0 Å². The minimum Gasteiger partial charge on any atom is -0.394 e. The van der Waals surface area contributed by atoms with Crippen molar-refractivity contribution in [3.05, 3.63) is 54.4 Å². The predicted molar refractivity (Wildman–Crippen MR) is 105 cm³/mol. The number of carbonyl (C=O) groups excluding carboxylic acids is 1. The van der Waals surface area contributed by atoms with E-state index in [4.69, 9.17) is 0 Å². The second kappa shape index (κ2) is 9.18. The van der Waals surface area contributed by atoms with Crippen molar-refractivity contribution >= 4 is 5.91 Å². The van der Waals surface area contributed by atoms with Gasteiger partial charge in [-0.15, -0.1) is 0 Å². The molecule has 8 heteroatoms. The number of aliphatic hydroxyl groups is 1. The number of amides is 1. The summed E-state index contributed by atoms with van der Waals surface area (Å²) in [5, 5.41) is 16.8. The molecular weight excluding hydrogens is 356 g/mol. The molecule has 0 bridgehead atoms. The predicted octanol–water partition coefficient (Wildman–Crippen LogP) is 2.31. The molecule has 1 amide bonds. The molecule has 0 spiro atoms. The molecule has 0 aliphatic heterocycles. The topological polar surface area (TPSA) is 106 Å². The summed E-state index contributed by atoms with van der Waals surface area (Å²) in [4.78, 5) is 25.5. The van der Waals surface area contributed by atoms with E-state index in [1.54, 1.807) is 41.6 Å². The van der Waals surface area contributed by atoms with Crippen LogP contribution in [0.5, 0.6) is 0 Å². The maximum absolute atomic E-state index is 12.7. The molecule has 0 aromatic carbocycles. The second-order valence-electron chi connectivity index (χ2n) is 6.58. The molecule has 0 radical (unpaired) electrons. The van der Waals surface area contributed by atoms with E-state index in [1.807, 2.05) is 13.0 Å². The zero-order chi connectivity index (χ0) is 19.9. The van der Waals surface area contributed by atoms with Gasteiger partial charge in [-0.25, -0.2) is 4.68 Å². The lowest BCUT2D eigenvalue weighted by atomic mass is 10.1. The number of aliphatic hydroxyl groups excluding tert-OH is 1. The molecule has 28 heavy (non-hydrogen) atoms. The van der Waals surface area contributed by atoms with Crippen LogP contribution >= 0.6 is 0 Å². The zero-order valence-electron chi connectivity index (χ0n) is 16.0. The standard InChI is InChI=1S/C20H24N6O2/c1-3-4-6-15(13-27)24-20(28)17-9-19(18-12-22-14(2)10-23-18)26(25-17)16-7-5-8-21-11-16/h5,7-12,15,27H,3-4,6,13H2,1-2H3,(H,24,28). The summed E-state index contributed by atoms with van der Waals surface area (Å²) in [7, 11) is 0. The van der Waals surface area contributed by atoms with E-state index in [0.717, 1.165) is 25.0 Å². The van der Waals surface area contributed by atoms with E-state index in [-0.39, 0.29) is 24.2 Å². The molecule has 0 saturated heterocycles. The van der Waals surface area contributed by atoms with Gasteiger partial charge in [0.25, 0.3) is 5.91 Å². The lowest BCUT2D eigenvalue weighted by molar-refractivity contribution is 0.0907. The molecule has 3 rings (SSSR count). The van der Waals surface area contributed by atoms with E-state index in [2.05, 4.69) is 32.3 Å². The van der Waals surface area contributed by atoms with Gasteiger partial charge in [-0.2, -0.15) is 5.10 Å². The van der Waals surface area contributed by atoms with Gasteiger partial charge in [0, 0.05) is 12.4 Å². The van der Waals surface area contributed by atoms with E-state index >= 15 is 0 Å². The average Bonchev–Trinajstić information content (AvgIpc) is 3.18. The fraction of sp³-hybridized carbons (Fsp3) is 0.350. The van der Waals surface area contributed by atoms with Crippen molar-refractivity contribution < 1.29 is 9.90 Å². The molecule has 0 aliphatic rings. The summed E-state index contributed by atoms with van der Waals surface area (Å²) in [5.74, 6) is -0.334. The van der Waals surface area contributed by atoms with Crippen LogP contribution in [0.3, 0.4) is 0 Å². The van der Waals surface area contributed by atoms with Crippen LogP contribution in [0.4, 0.5) is 0 Å². The zero-order valence-corrected chi connectivity index (χ0v) is 16.0. The SMILES string of the molecule is CCCCC(CO)NC(=O)c1cc(-c2cnc(C)cn2)n(-c2cccnc2)n1. The minimum atomic E-state index is -0.334. The van der Waals surface area contributed by atoms with Gasteiger partial charge in [0.1, 0.15) is 5.69 Å². The highest BCUT2D eigenvalue weighted by atomic mass is 16.3. The number of rotatable bonds is 8. The molecule has 0 saturated carbocycles. The smallest absolute Gasteiger partial charge is 0.272 e. The highest BCUT2D eigenvalue weighted by molar-refractivity contribution is 5.93. The monoisotopic (exact) mass is 380 g/mol. The van der Waals surface area contributed by atoms with Crippen molar-refractivity contribution in [2.24, 2.45) is 0 Å². The summed E-state index contributed by atoms with van der Waals surface area (Å²) in [6.45, 7) is 3.82. The van der Waals surface area contributed by atoms with Crippen molar-refractivity contribution in [1.82, 2.24) is 30.0 Å². The van der Waals surface area contributed by atoms with Gasteiger partial charge in [0.15, 0.2) is 5.69 Å². The van der Waals surface area contributed by atoms with Crippen LogP contribution in [-0.4, -0.2) is 48.4 Å². The molecule has 146 valence electrons. The lowest BCUT2D eigenvalue weighted by Crippen LogP contribution is -2.37. The van der Waals surface area contributed by atoms with E-state index in [9.17, 15) is 9.90 Å². The molecule has 3 heterocycles. The maximum atomic E-state index is 12.7. The van der Waals surface area contributed by atoms with Gasteiger partial charge < -0.3 is 10.4 Å². The first kappa shape index (κ1) is 19.6. The average molecular weight is 380 g/mol. The Hall–Kier alpha value is -3.13. The number of aromatic nitrogens is 5. The molecule has 1 atom stereocenters. The largest absolute Gasteiger partial charge is 0.394 e. The van der Waals surface area contributed by atoms with Gasteiger partial charge in [-0.05, 0) is 31.5 Å². The Morgan fingerprint density at radius 2 is 2.14 bits per heavy atom. The first-order chi connectivity index (χ1) is 13.6. The third kappa shape index (κ3) is 4.58. The molecule has 3 aromatic rings. The van der Waals surface area contributed by atoms with Crippen molar-refractivity contribution in [2.45, 2.75) is 39.2 Å². The Kier molecular flexibility index (Phi) is 6.44. The van der Waals surface area contributed by atoms with Gasteiger partial charge in [0.05, 0.1) is 42.1 Å². The summed E-state index contributed by atoms with van der Waals surface area (Å²) in [5.41, 5.74) is 3.00. The maximum Gasteiger partial charge on any atom is 0.272 e. The molecule has 1 unspecified atom stereocenters. The highest BCUT2D eigenvalue weighted by Gasteiger charge is 2.20. The fourth-order valence-corrected chi connectivity index (χ4v) is 2.79. The van der Waals surface area contributed by atoms with Gasteiger partial charge in [-0.3, -0.25) is 19.7 Å². The molecular formula is C20H24N6O2. The first-order valence-corrected chi connectivity index (χ1v) is 9.33. The first-order valence-electron chi connectivity index (χ1n) is 9.33. The minimum absolute atomic E-state index is 0.106. The summed E-state index contributed by atoms with van der Waals surface area (Å²) >= 11 is 0. The highest BCUT2D eigenvalue weighted by Crippen LogP contribution is 2.22. The molecule has 0 aliphatic carbocycles. The molecule has 0 fully saturated rings. The van der Waals surface area contributed by atoms with Crippen molar-refractivity contribution in [2.75, 3.05) is 6.61 Å². The lowest BCUT2D eigenvalue weighted by Gasteiger charge is -2.14. The van der Waals surface area contributed by atoms with Crippen molar-refractivity contribution in [3.8, 4) is 17.1 Å². The van der Waals surface area contributed by atoms with Gasteiger partial charge >= 0.3 is 0 Å². The number of pyridine rings is 1. The molecule has 8 nitrogen and oxygen atoms in total. The number of nitrogens with zero attached hydrogens (tertiary/aromatic N) is 5. The van der Waals surface area contributed by atoms with Crippen molar-refractivity contribution in [1.29, 1.82) is 0 Å². The summed E-state index contributed by atoms with van der Waals surface area (Å²) < 4.78 is 1.63. The quantitative estimate of drug-likeness (QED) is 0.621. The van der Waals surface area contributed by atoms with Crippen LogP contribution in [0.15, 0.2) is 43.0 Å². The van der Waals surface area contributed by atoms with Crippen LogP contribution in [0.25, 0.3) is 17.1 Å². The number of carbonyl (C=O) groups is 1. The number of unbranched alkanes of at least 4 members (excludes halogenated alkanes) is 1. The molecule has 2 N–H and O–H groups in total. The van der Waals surface area contributed by atoms with Crippen LogP contribution in [0.1, 0.15) is 42.4 Å².